The van der Waals surface area contributed by atoms with Crippen LogP contribution < -0.4 is 14.9 Å². The summed E-state index contributed by atoms with van der Waals surface area (Å²) in [6, 6.07) is 30.4. The molecule has 4 aromatic carbocycles. The molecule has 0 saturated carbocycles. The normalized spacial score (nSPS) is 11.0. The lowest BCUT2D eigenvalue weighted by atomic mass is 10.1. The van der Waals surface area contributed by atoms with Crippen LogP contribution >= 0.6 is 0 Å². The van der Waals surface area contributed by atoms with Gasteiger partial charge in [0.25, 0.3) is 11.6 Å². The summed E-state index contributed by atoms with van der Waals surface area (Å²) < 4.78 is 11.9. The molecule has 0 aromatic heterocycles. The SMILES string of the molecule is CC(=NNC(=O)c1ccc(OCc2ccccc2)cc1OCc1ccccc1)c1cccc([N+](=O)[O-])c1. The average molecular weight is 496 g/mol. The van der Waals surface area contributed by atoms with E-state index in [9.17, 15) is 14.9 Å². The number of nitro benzene ring substituents is 1. The third-order valence-corrected chi connectivity index (χ3v) is 5.48. The summed E-state index contributed by atoms with van der Waals surface area (Å²) in [4.78, 5) is 23.6. The van der Waals surface area contributed by atoms with Gasteiger partial charge in [0.05, 0.1) is 16.2 Å². The molecule has 0 spiro atoms. The molecule has 4 rings (SSSR count). The van der Waals surface area contributed by atoms with Crippen LogP contribution in [-0.2, 0) is 13.2 Å². The van der Waals surface area contributed by atoms with Crippen LogP contribution in [0.25, 0.3) is 0 Å². The molecule has 37 heavy (non-hydrogen) atoms. The number of hydrogen-bond donors (Lipinski definition) is 1. The first-order chi connectivity index (χ1) is 18.0. The summed E-state index contributed by atoms with van der Waals surface area (Å²) in [7, 11) is 0. The lowest BCUT2D eigenvalue weighted by Crippen LogP contribution is -2.20. The van der Waals surface area contributed by atoms with E-state index in [1.807, 2.05) is 60.7 Å². The maximum absolute atomic E-state index is 13.0. The van der Waals surface area contributed by atoms with E-state index in [2.05, 4.69) is 10.5 Å². The fourth-order valence-corrected chi connectivity index (χ4v) is 3.48. The Morgan fingerprint density at radius 3 is 2.14 bits per heavy atom. The number of rotatable bonds is 10. The molecule has 0 heterocycles. The molecule has 0 saturated heterocycles. The third kappa shape index (κ3) is 7.02. The number of hydrazone groups is 1. The molecule has 0 aliphatic rings. The van der Waals surface area contributed by atoms with Crippen molar-refractivity contribution in [1.82, 2.24) is 5.43 Å². The number of benzene rings is 4. The molecule has 186 valence electrons. The Balaban J connectivity index is 1.52. The fourth-order valence-electron chi connectivity index (χ4n) is 3.48. The summed E-state index contributed by atoms with van der Waals surface area (Å²) in [5.41, 5.74) is 5.66. The Morgan fingerprint density at radius 1 is 0.838 bits per heavy atom. The number of carbonyl (C=O) groups excluding carboxylic acids is 1. The van der Waals surface area contributed by atoms with Crippen LogP contribution in [0, 0.1) is 10.1 Å². The van der Waals surface area contributed by atoms with Crippen molar-refractivity contribution in [1.29, 1.82) is 0 Å². The highest BCUT2D eigenvalue weighted by atomic mass is 16.6. The van der Waals surface area contributed by atoms with Crippen LogP contribution in [0.5, 0.6) is 11.5 Å². The zero-order chi connectivity index (χ0) is 26.0. The molecule has 1 N–H and O–H groups in total. The predicted octanol–water partition coefficient (Wildman–Crippen LogP) is 5.91. The lowest BCUT2D eigenvalue weighted by Gasteiger charge is -2.14. The number of nitrogens with zero attached hydrogens (tertiary/aromatic N) is 2. The Morgan fingerprint density at radius 2 is 1.49 bits per heavy atom. The maximum Gasteiger partial charge on any atom is 0.275 e. The summed E-state index contributed by atoms with van der Waals surface area (Å²) in [6.07, 6.45) is 0. The highest BCUT2D eigenvalue weighted by molar-refractivity contribution is 6.02. The van der Waals surface area contributed by atoms with Crippen LogP contribution in [0.4, 0.5) is 5.69 Å². The number of nitrogens with one attached hydrogen (secondary N) is 1. The molecular formula is C29H25N3O5. The first-order valence-electron chi connectivity index (χ1n) is 11.6. The van der Waals surface area contributed by atoms with Crippen molar-refractivity contribution >= 4 is 17.3 Å². The fraction of sp³-hybridized carbons (Fsp3) is 0.103. The van der Waals surface area contributed by atoms with Gasteiger partial charge in [-0.2, -0.15) is 5.10 Å². The van der Waals surface area contributed by atoms with Crippen molar-refractivity contribution in [2.75, 3.05) is 0 Å². The van der Waals surface area contributed by atoms with Crippen LogP contribution in [-0.4, -0.2) is 16.5 Å². The van der Waals surface area contributed by atoms with Crippen molar-refractivity contribution in [3.63, 3.8) is 0 Å². The largest absolute Gasteiger partial charge is 0.489 e. The average Bonchev–Trinajstić information content (AvgIpc) is 2.94. The van der Waals surface area contributed by atoms with Gasteiger partial charge in [-0.25, -0.2) is 5.43 Å². The first kappa shape index (κ1) is 25.1. The van der Waals surface area contributed by atoms with E-state index in [-0.39, 0.29) is 17.9 Å². The van der Waals surface area contributed by atoms with Crippen molar-refractivity contribution < 1.29 is 19.2 Å². The van der Waals surface area contributed by atoms with Gasteiger partial charge in [0.1, 0.15) is 24.7 Å². The van der Waals surface area contributed by atoms with E-state index in [0.29, 0.717) is 29.4 Å². The van der Waals surface area contributed by atoms with Crippen LogP contribution in [0.2, 0.25) is 0 Å². The summed E-state index contributed by atoms with van der Waals surface area (Å²) in [6.45, 7) is 2.29. The number of amides is 1. The minimum absolute atomic E-state index is 0.0546. The molecule has 8 nitrogen and oxygen atoms in total. The maximum atomic E-state index is 13.0. The first-order valence-corrected chi connectivity index (χ1v) is 11.6. The van der Waals surface area contributed by atoms with Crippen LogP contribution in [0.1, 0.15) is 34.0 Å². The molecule has 0 aliphatic carbocycles. The van der Waals surface area contributed by atoms with Crippen LogP contribution in [0.3, 0.4) is 0 Å². The number of non-ortho nitro benzene ring substituents is 1. The van der Waals surface area contributed by atoms with Gasteiger partial charge >= 0.3 is 0 Å². The van der Waals surface area contributed by atoms with E-state index < -0.39 is 10.8 Å². The molecule has 0 unspecified atom stereocenters. The van der Waals surface area contributed by atoms with Gasteiger partial charge in [-0.15, -0.1) is 0 Å². The highest BCUT2D eigenvalue weighted by Crippen LogP contribution is 2.27. The monoisotopic (exact) mass is 495 g/mol. The minimum atomic E-state index is -0.484. The smallest absolute Gasteiger partial charge is 0.275 e. The van der Waals surface area contributed by atoms with Gasteiger partial charge < -0.3 is 9.47 Å². The molecule has 0 fully saturated rings. The van der Waals surface area contributed by atoms with Gasteiger partial charge in [0.2, 0.25) is 0 Å². The predicted molar refractivity (Wildman–Crippen MR) is 141 cm³/mol. The summed E-state index contributed by atoms with van der Waals surface area (Å²) in [5, 5.41) is 15.2. The second kappa shape index (κ2) is 12.1. The van der Waals surface area contributed by atoms with Gasteiger partial charge in [-0.05, 0) is 30.2 Å². The molecule has 0 aliphatic heterocycles. The van der Waals surface area contributed by atoms with E-state index in [4.69, 9.17) is 9.47 Å². The summed E-state index contributed by atoms with van der Waals surface area (Å²) in [5.74, 6) is 0.414. The van der Waals surface area contributed by atoms with E-state index in [1.54, 1.807) is 37.3 Å². The molecule has 0 bridgehead atoms. The van der Waals surface area contributed by atoms with Crippen molar-refractivity contribution in [3.05, 3.63) is 135 Å². The van der Waals surface area contributed by atoms with Crippen molar-refractivity contribution in [3.8, 4) is 11.5 Å². The Bertz CT molecular complexity index is 1410. The minimum Gasteiger partial charge on any atom is -0.489 e. The Kier molecular flexibility index (Phi) is 8.23. The highest BCUT2D eigenvalue weighted by Gasteiger charge is 2.15. The van der Waals surface area contributed by atoms with E-state index in [0.717, 1.165) is 11.1 Å². The third-order valence-electron chi connectivity index (χ3n) is 5.48. The Hall–Kier alpha value is -4.98. The zero-order valence-electron chi connectivity index (χ0n) is 20.2. The van der Waals surface area contributed by atoms with E-state index in [1.165, 1.54) is 12.1 Å². The van der Waals surface area contributed by atoms with E-state index >= 15 is 0 Å². The molecular weight excluding hydrogens is 470 g/mol. The van der Waals surface area contributed by atoms with Gasteiger partial charge in [-0.3, -0.25) is 14.9 Å². The van der Waals surface area contributed by atoms with Crippen LogP contribution in [0.15, 0.2) is 108 Å². The topological polar surface area (TPSA) is 103 Å². The quantitative estimate of drug-likeness (QED) is 0.167. The molecule has 8 heteroatoms. The number of hydrogen-bond acceptors (Lipinski definition) is 6. The Labute approximate surface area is 214 Å². The van der Waals surface area contributed by atoms with Gasteiger partial charge in [-0.1, -0.05) is 72.8 Å². The standard InChI is InChI=1S/C29H25N3O5/c1-21(24-13-8-14-25(17-24)32(34)35)30-31-29(33)27-16-15-26(36-19-22-9-4-2-5-10-22)18-28(27)37-20-23-11-6-3-7-12-23/h2-18H,19-20H2,1H3,(H,31,33). The number of carbonyl (C=O) groups is 1. The lowest BCUT2D eigenvalue weighted by molar-refractivity contribution is -0.384. The van der Waals surface area contributed by atoms with Gasteiger partial charge in [0, 0.05) is 23.8 Å². The molecule has 0 atom stereocenters. The zero-order valence-corrected chi connectivity index (χ0v) is 20.2. The van der Waals surface area contributed by atoms with Crippen molar-refractivity contribution in [2.45, 2.75) is 20.1 Å². The van der Waals surface area contributed by atoms with Gasteiger partial charge in [0.15, 0.2) is 0 Å². The number of nitro groups is 1. The molecule has 0 radical (unpaired) electrons. The number of ether oxygens (including phenoxy) is 2. The second-order valence-electron chi connectivity index (χ2n) is 8.15. The second-order valence-corrected chi connectivity index (χ2v) is 8.15. The summed E-state index contributed by atoms with van der Waals surface area (Å²) >= 11 is 0. The molecule has 4 aromatic rings. The molecule has 1 amide bonds. The van der Waals surface area contributed by atoms with Crippen molar-refractivity contribution in [2.24, 2.45) is 5.10 Å².